The molecule has 0 aliphatic heterocycles. The Hall–Kier alpha value is -1.70. The molecule has 0 radical (unpaired) electrons. The van der Waals surface area contributed by atoms with E-state index in [0.29, 0.717) is 10.2 Å². The average molecular weight is 282 g/mol. The summed E-state index contributed by atoms with van der Waals surface area (Å²) >= 11 is 0. The van der Waals surface area contributed by atoms with Gasteiger partial charge >= 0.3 is 6.55 Å². The highest BCUT2D eigenvalue weighted by Gasteiger charge is 2.09. The number of aromatic nitrogens is 4. The summed E-state index contributed by atoms with van der Waals surface area (Å²) in [6.07, 6.45) is 2.51. The van der Waals surface area contributed by atoms with E-state index in [9.17, 15) is 13.2 Å². The molecule has 0 saturated heterocycles. The van der Waals surface area contributed by atoms with E-state index in [4.69, 9.17) is 0 Å². The molecule has 2 aromatic heterocycles. The second-order valence-electron chi connectivity index (χ2n) is 3.40. The van der Waals surface area contributed by atoms with Gasteiger partial charge < -0.3 is 5.32 Å². The Balaban J connectivity index is 0.00000162. The van der Waals surface area contributed by atoms with E-state index in [-0.39, 0.29) is 24.8 Å². The van der Waals surface area contributed by atoms with Crippen LogP contribution in [-0.4, -0.2) is 19.6 Å². The molecule has 2 heterocycles. The van der Waals surface area contributed by atoms with Gasteiger partial charge in [-0.25, -0.2) is 9.36 Å². The molecule has 100 valence electrons. The number of hydrogen-bond acceptors (Lipinski definition) is 3. The Kier molecular flexibility index (Phi) is 4.60. The summed E-state index contributed by atoms with van der Waals surface area (Å²) in [5, 5.41) is 10.0. The number of nitrogens with one attached hydrogen (secondary N) is 1. The van der Waals surface area contributed by atoms with E-state index in [0.717, 1.165) is 10.9 Å². The monoisotopic (exact) mass is 281 g/mol. The van der Waals surface area contributed by atoms with Crippen LogP contribution in [0.25, 0.3) is 0 Å². The van der Waals surface area contributed by atoms with Gasteiger partial charge in [0.15, 0.2) is 0 Å². The van der Waals surface area contributed by atoms with Crippen LogP contribution in [0.15, 0.2) is 18.5 Å². The summed E-state index contributed by atoms with van der Waals surface area (Å²) in [6, 6.07) is 1.39. The first-order chi connectivity index (χ1) is 8.08. The first kappa shape index (κ1) is 14.4. The molecule has 0 fully saturated rings. The molecule has 5 nitrogen and oxygen atoms in total. The quantitative estimate of drug-likeness (QED) is 0.934. The van der Waals surface area contributed by atoms with Gasteiger partial charge in [0.05, 0.1) is 6.20 Å². The van der Waals surface area contributed by atoms with E-state index < -0.39 is 12.5 Å². The van der Waals surface area contributed by atoms with Crippen molar-refractivity contribution in [2.24, 2.45) is 7.05 Å². The molecule has 1 N–H and O–H groups in total. The SMILES string of the molecule is Cl.Cn1ncc(CNc2ccn(C(F)F)n2)c1F. The molecular formula is C9H11ClF3N5. The van der Waals surface area contributed by atoms with Gasteiger partial charge in [-0.05, 0) is 0 Å². The standard InChI is InChI=1S/C9H10F3N5.ClH/c1-16-8(10)6(5-14-16)4-13-7-2-3-17(15-7)9(11)12;/h2-3,5,9H,4H2,1H3,(H,13,15);1H. The molecule has 9 heteroatoms. The lowest BCUT2D eigenvalue weighted by Crippen LogP contribution is -2.04. The lowest BCUT2D eigenvalue weighted by Gasteiger charge is -2.01. The van der Waals surface area contributed by atoms with Gasteiger partial charge in [0, 0.05) is 31.4 Å². The van der Waals surface area contributed by atoms with Crippen LogP contribution in [-0.2, 0) is 13.6 Å². The molecule has 0 aliphatic carbocycles. The Morgan fingerprint density at radius 2 is 2.17 bits per heavy atom. The van der Waals surface area contributed by atoms with Crippen molar-refractivity contribution in [3.63, 3.8) is 0 Å². The number of aryl methyl sites for hydroxylation is 1. The largest absolute Gasteiger partial charge is 0.364 e. The van der Waals surface area contributed by atoms with Crippen LogP contribution in [0.2, 0.25) is 0 Å². The Morgan fingerprint density at radius 1 is 1.44 bits per heavy atom. The van der Waals surface area contributed by atoms with E-state index in [1.807, 2.05) is 0 Å². The summed E-state index contributed by atoms with van der Waals surface area (Å²) in [7, 11) is 1.48. The van der Waals surface area contributed by atoms with Crippen molar-refractivity contribution in [1.82, 2.24) is 19.6 Å². The molecule has 0 saturated carbocycles. The second-order valence-corrected chi connectivity index (χ2v) is 3.40. The van der Waals surface area contributed by atoms with Gasteiger partial charge in [-0.1, -0.05) is 0 Å². The number of nitrogens with zero attached hydrogens (tertiary/aromatic N) is 4. The first-order valence-corrected chi connectivity index (χ1v) is 4.81. The maximum absolute atomic E-state index is 13.3. The van der Waals surface area contributed by atoms with E-state index in [1.165, 1.54) is 19.3 Å². The summed E-state index contributed by atoms with van der Waals surface area (Å²) in [5.41, 5.74) is 0.346. The van der Waals surface area contributed by atoms with Crippen LogP contribution in [0.1, 0.15) is 12.1 Å². The number of halogens is 4. The van der Waals surface area contributed by atoms with Crippen molar-refractivity contribution in [3.05, 3.63) is 30.0 Å². The highest BCUT2D eigenvalue weighted by atomic mass is 35.5. The minimum absolute atomic E-state index is 0. The summed E-state index contributed by atoms with van der Waals surface area (Å²) < 4.78 is 39.3. The highest BCUT2D eigenvalue weighted by Crippen LogP contribution is 2.13. The van der Waals surface area contributed by atoms with Gasteiger partial charge in [-0.3, -0.25) is 0 Å². The fourth-order valence-electron chi connectivity index (χ4n) is 1.31. The Labute approximate surface area is 107 Å². The number of alkyl halides is 2. The molecule has 0 atom stereocenters. The van der Waals surface area contributed by atoms with Crippen LogP contribution < -0.4 is 5.32 Å². The molecule has 0 aliphatic rings. The van der Waals surface area contributed by atoms with E-state index >= 15 is 0 Å². The van der Waals surface area contributed by atoms with Gasteiger partial charge in [0.1, 0.15) is 5.82 Å². The number of hydrogen-bond donors (Lipinski definition) is 1. The van der Waals surface area contributed by atoms with Crippen LogP contribution in [0.4, 0.5) is 19.0 Å². The summed E-state index contributed by atoms with van der Waals surface area (Å²) in [6.45, 7) is -2.54. The van der Waals surface area contributed by atoms with Crippen molar-refractivity contribution in [1.29, 1.82) is 0 Å². The summed E-state index contributed by atoms with van der Waals surface area (Å²) in [5.74, 6) is -0.209. The van der Waals surface area contributed by atoms with Crippen molar-refractivity contribution in [3.8, 4) is 0 Å². The molecule has 2 rings (SSSR count). The predicted octanol–water partition coefficient (Wildman–Crippen LogP) is 2.18. The maximum Gasteiger partial charge on any atom is 0.333 e. The highest BCUT2D eigenvalue weighted by molar-refractivity contribution is 5.85. The summed E-state index contributed by atoms with van der Waals surface area (Å²) in [4.78, 5) is 0. The van der Waals surface area contributed by atoms with Gasteiger partial charge in [0.2, 0.25) is 5.95 Å². The van der Waals surface area contributed by atoms with Crippen molar-refractivity contribution >= 4 is 18.2 Å². The van der Waals surface area contributed by atoms with Gasteiger partial charge in [-0.15, -0.1) is 12.4 Å². The second kappa shape index (κ2) is 5.76. The van der Waals surface area contributed by atoms with Crippen LogP contribution in [0.5, 0.6) is 0 Å². The van der Waals surface area contributed by atoms with Crippen molar-refractivity contribution in [2.75, 3.05) is 5.32 Å². The minimum Gasteiger partial charge on any atom is -0.364 e. The normalized spacial score (nSPS) is 10.5. The molecule has 0 bridgehead atoms. The topological polar surface area (TPSA) is 47.7 Å². The van der Waals surface area contributed by atoms with Crippen LogP contribution >= 0.6 is 12.4 Å². The minimum atomic E-state index is -2.68. The fourth-order valence-corrected chi connectivity index (χ4v) is 1.31. The number of rotatable bonds is 4. The smallest absolute Gasteiger partial charge is 0.333 e. The zero-order valence-corrected chi connectivity index (χ0v) is 10.2. The third-order valence-electron chi connectivity index (χ3n) is 2.20. The van der Waals surface area contributed by atoms with E-state index in [1.54, 1.807) is 0 Å². The average Bonchev–Trinajstić information content (AvgIpc) is 2.86. The predicted molar refractivity (Wildman–Crippen MR) is 61.2 cm³/mol. The molecule has 0 amide bonds. The van der Waals surface area contributed by atoms with Crippen LogP contribution in [0, 0.1) is 5.95 Å². The molecule has 2 aromatic rings. The molecular weight excluding hydrogens is 271 g/mol. The first-order valence-electron chi connectivity index (χ1n) is 4.81. The molecule has 0 unspecified atom stereocenters. The van der Waals surface area contributed by atoms with Gasteiger partial charge in [-0.2, -0.15) is 23.4 Å². The third kappa shape index (κ3) is 2.95. The maximum atomic E-state index is 13.3. The lowest BCUT2D eigenvalue weighted by molar-refractivity contribution is 0.0569. The Morgan fingerprint density at radius 3 is 2.67 bits per heavy atom. The van der Waals surface area contributed by atoms with Crippen LogP contribution in [0.3, 0.4) is 0 Å². The fraction of sp³-hybridized carbons (Fsp3) is 0.333. The zero-order valence-electron chi connectivity index (χ0n) is 9.35. The molecule has 0 aromatic carbocycles. The third-order valence-corrected chi connectivity index (χ3v) is 2.20. The van der Waals surface area contributed by atoms with Crippen molar-refractivity contribution in [2.45, 2.75) is 13.1 Å². The Bertz CT molecular complexity index is 510. The van der Waals surface area contributed by atoms with Gasteiger partial charge in [0.25, 0.3) is 0 Å². The lowest BCUT2D eigenvalue weighted by atomic mass is 10.3. The molecule has 0 spiro atoms. The molecule has 18 heavy (non-hydrogen) atoms. The number of anilines is 1. The van der Waals surface area contributed by atoms with E-state index in [2.05, 4.69) is 15.5 Å². The van der Waals surface area contributed by atoms with Crippen molar-refractivity contribution < 1.29 is 13.2 Å². The zero-order chi connectivity index (χ0) is 12.4.